The van der Waals surface area contributed by atoms with Gasteiger partial charge >= 0.3 is 6.01 Å². The largest absolute Gasteiger partial charge is 0.338 e. The minimum Gasteiger partial charge on any atom is -0.338 e. The number of hydrogen-bond acceptors (Lipinski definition) is 4. The predicted octanol–water partition coefficient (Wildman–Crippen LogP) is 1.06. The predicted molar refractivity (Wildman–Crippen MR) is 37.8 cm³/mol. The number of nitrogens with zero attached hydrogens (tertiary/aromatic N) is 2. The van der Waals surface area contributed by atoms with Crippen molar-refractivity contribution in [2.24, 2.45) is 0 Å². The van der Waals surface area contributed by atoms with E-state index >= 15 is 0 Å². The van der Waals surface area contributed by atoms with Crippen molar-refractivity contribution in [1.29, 1.82) is 0 Å². The van der Waals surface area contributed by atoms with Crippen LogP contribution >= 0.6 is 0 Å². The van der Waals surface area contributed by atoms with Crippen molar-refractivity contribution in [3.05, 3.63) is 5.82 Å². The summed E-state index contributed by atoms with van der Waals surface area (Å²) in [5, 5.41) is 6.63. The molecule has 0 aliphatic carbocycles. The van der Waals surface area contributed by atoms with Gasteiger partial charge in [0, 0.05) is 13.0 Å². The standard InChI is InChI=1S/C6H11N3O/c1-3-5-8-6(7-4-2)10-9-5/h3-4H2,1-2H3,(H,7,8,9). The summed E-state index contributed by atoms with van der Waals surface area (Å²) in [7, 11) is 0. The van der Waals surface area contributed by atoms with Crippen molar-refractivity contribution in [3.63, 3.8) is 0 Å². The first-order chi connectivity index (χ1) is 4.86. The smallest absolute Gasteiger partial charge is 0.321 e. The second-order valence-corrected chi connectivity index (χ2v) is 1.90. The molecular weight excluding hydrogens is 130 g/mol. The van der Waals surface area contributed by atoms with Crippen LogP contribution in [-0.2, 0) is 6.42 Å². The zero-order valence-electron chi connectivity index (χ0n) is 6.22. The topological polar surface area (TPSA) is 51.0 Å². The van der Waals surface area contributed by atoms with E-state index in [0.717, 1.165) is 18.8 Å². The summed E-state index contributed by atoms with van der Waals surface area (Å²) in [5.41, 5.74) is 0. The minimum absolute atomic E-state index is 0.513. The molecule has 56 valence electrons. The summed E-state index contributed by atoms with van der Waals surface area (Å²) in [4.78, 5) is 4.03. The fourth-order valence-electron chi connectivity index (χ4n) is 0.621. The molecule has 1 aromatic rings. The van der Waals surface area contributed by atoms with Gasteiger partial charge in [0.1, 0.15) is 0 Å². The van der Waals surface area contributed by atoms with Crippen molar-refractivity contribution < 1.29 is 4.52 Å². The van der Waals surface area contributed by atoms with Crippen LogP contribution in [0, 0.1) is 0 Å². The Bertz CT molecular complexity index is 197. The van der Waals surface area contributed by atoms with Gasteiger partial charge < -0.3 is 9.84 Å². The molecule has 0 spiro atoms. The molecule has 1 rings (SSSR count). The molecule has 0 saturated heterocycles. The summed E-state index contributed by atoms with van der Waals surface area (Å²) >= 11 is 0. The molecule has 4 nitrogen and oxygen atoms in total. The summed E-state index contributed by atoms with van der Waals surface area (Å²) in [6, 6.07) is 0.513. The van der Waals surface area contributed by atoms with Crippen LogP contribution in [0.4, 0.5) is 6.01 Å². The third-order valence-corrected chi connectivity index (χ3v) is 1.11. The molecule has 0 unspecified atom stereocenters. The molecule has 0 amide bonds. The Morgan fingerprint density at radius 2 is 2.30 bits per heavy atom. The molecule has 0 radical (unpaired) electrons. The van der Waals surface area contributed by atoms with E-state index in [1.54, 1.807) is 0 Å². The molecule has 0 atom stereocenters. The van der Waals surface area contributed by atoms with E-state index in [4.69, 9.17) is 4.52 Å². The first-order valence-electron chi connectivity index (χ1n) is 3.43. The Balaban J connectivity index is 2.59. The molecule has 0 aliphatic heterocycles. The van der Waals surface area contributed by atoms with Crippen molar-refractivity contribution in [2.75, 3.05) is 11.9 Å². The monoisotopic (exact) mass is 141 g/mol. The van der Waals surface area contributed by atoms with Crippen LogP contribution in [-0.4, -0.2) is 16.7 Å². The molecule has 1 N–H and O–H groups in total. The van der Waals surface area contributed by atoms with Gasteiger partial charge in [-0.15, -0.1) is 0 Å². The molecule has 0 saturated carbocycles. The summed E-state index contributed by atoms with van der Waals surface area (Å²) in [5.74, 6) is 0.746. The van der Waals surface area contributed by atoms with Gasteiger partial charge in [-0.2, -0.15) is 4.98 Å². The Hall–Kier alpha value is -1.06. The Kier molecular flexibility index (Phi) is 2.25. The average molecular weight is 141 g/mol. The second kappa shape index (κ2) is 3.20. The van der Waals surface area contributed by atoms with E-state index in [0.29, 0.717) is 6.01 Å². The summed E-state index contributed by atoms with van der Waals surface area (Å²) < 4.78 is 4.82. The highest BCUT2D eigenvalue weighted by Gasteiger charge is 2.00. The number of rotatable bonds is 3. The van der Waals surface area contributed by atoms with Gasteiger partial charge in [-0.3, -0.25) is 0 Å². The van der Waals surface area contributed by atoms with Crippen LogP contribution in [0.1, 0.15) is 19.7 Å². The number of hydrogen-bond donors (Lipinski definition) is 1. The highest BCUT2D eigenvalue weighted by atomic mass is 16.5. The summed E-state index contributed by atoms with van der Waals surface area (Å²) in [6.07, 6.45) is 0.814. The highest BCUT2D eigenvalue weighted by Crippen LogP contribution is 2.01. The van der Waals surface area contributed by atoms with Gasteiger partial charge in [0.2, 0.25) is 0 Å². The van der Waals surface area contributed by atoms with Crippen LogP contribution < -0.4 is 5.32 Å². The lowest BCUT2D eigenvalue weighted by Gasteiger charge is -1.89. The summed E-state index contributed by atoms with van der Waals surface area (Å²) in [6.45, 7) is 4.78. The molecule has 1 heterocycles. The van der Waals surface area contributed by atoms with Gasteiger partial charge in [0.05, 0.1) is 0 Å². The van der Waals surface area contributed by atoms with Crippen molar-refractivity contribution in [3.8, 4) is 0 Å². The van der Waals surface area contributed by atoms with Crippen LogP contribution in [0.5, 0.6) is 0 Å². The average Bonchev–Trinajstić information content (AvgIpc) is 2.37. The lowest BCUT2D eigenvalue weighted by atomic mass is 10.5. The molecule has 0 aliphatic rings. The third-order valence-electron chi connectivity index (χ3n) is 1.11. The van der Waals surface area contributed by atoms with E-state index < -0.39 is 0 Å². The van der Waals surface area contributed by atoms with Crippen molar-refractivity contribution >= 4 is 6.01 Å². The fraction of sp³-hybridized carbons (Fsp3) is 0.667. The number of aryl methyl sites for hydroxylation is 1. The fourth-order valence-corrected chi connectivity index (χ4v) is 0.621. The maximum Gasteiger partial charge on any atom is 0.321 e. The van der Waals surface area contributed by atoms with Crippen LogP contribution in [0.3, 0.4) is 0 Å². The molecule has 0 fully saturated rings. The third kappa shape index (κ3) is 1.46. The van der Waals surface area contributed by atoms with Crippen LogP contribution in [0.15, 0.2) is 4.52 Å². The van der Waals surface area contributed by atoms with E-state index in [9.17, 15) is 0 Å². The number of nitrogens with one attached hydrogen (secondary N) is 1. The zero-order valence-corrected chi connectivity index (χ0v) is 6.22. The number of anilines is 1. The van der Waals surface area contributed by atoms with Gasteiger partial charge in [-0.1, -0.05) is 12.1 Å². The zero-order chi connectivity index (χ0) is 7.40. The highest BCUT2D eigenvalue weighted by molar-refractivity contribution is 5.17. The Morgan fingerprint density at radius 3 is 2.80 bits per heavy atom. The normalized spacial score (nSPS) is 9.80. The maximum atomic E-state index is 4.82. The van der Waals surface area contributed by atoms with E-state index in [-0.39, 0.29) is 0 Å². The Morgan fingerprint density at radius 1 is 1.50 bits per heavy atom. The molecule has 4 heteroatoms. The van der Waals surface area contributed by atoms with Gasteiger partial charge in [-0.25, -0.2) is 0 Å². The van der Waals surface area contributed by atoms with E-state index in [1.165, 1.54) is 0 Å². The second-order valence-electron chi connectivity index (χ2n) is 1.90. The van der Waals surface area contributed by atoms with Gasteiger partial charge in [0.25, 0.3) is 0 Å². The molecule has 10 heavy (non-hydrogen) atoms. The molecule has 0 bridgehead atoms. The van der Waals surface area contributed by atoms with E-state index in [2.05, 4.69) is 15.5 Å². The minimum atomic E-state index is 0.513. The van der Waals surface area contributed by atoms with Crippen LogP contribution in [0.25, 0.3) is 0 Å². The van der Waals surface area contributed by atoms with Crippen molar-refractivity contribution in [2.45, 2.75) is 20.3 Å². The van der Waals surface area contributed by atoms with Crippen LogP contribution in [0.2, 0.25) is 0 Å². The van der Waals surface area contributed by atoms with Gasteiger partial charge in [-0.05, 0) is 6.92 Å². The quantitative estimate of drug-likeness (QED) is 0.683. The SMILES string of the molecule is CCNc1nc(CC)no1. The first-order valence-corrected chi connectivity index (χ1v) is 3.43. The van der Waals surface area contributed by atoms with Gasteiger partial charge in [0.15, 0.2) is 5.82 Å². The molecular formula is C6H11N3O. The number of aromatic nitrogens is 2. The lowest BCUT2D eigenvalue weighted by Crippen LogP contribution is -1.96. The molecule has 0 aromatic carbocycles. The first kappa shape index (κ1) is 7.05. The van der Waals surface area contributed by atoms with Crippen molar-refractivity contribution in [1.82, 2.24) is 10.1 Å². The van der Waals surface area contributed by atoms with E-state index in [1.807, 2.05) is 13.8 Å². The lowest BCUT2D eigenvalue weighted by molar-refractivity contribution is 0.423. The Labute approximate surface area is 59.6 Å². The maximum absolute atomic E-state index is 4.82. The molecule has 1 aromatic heterocycles.